The molecule has 0 radical (unpaired) electrons. The molecule has 12 nitrogen and oxygen atoms in total. The Balaban J connectivity index is 0.000000271. The van der Waals surface area contributed by atoms with Crippen molar-refractivity contribution in [3.8, 4) is 5.75 Å². The van der Waals surface area contributed by atoms with Crippen molar-refractivity contribution >= 4 is 29.4 Å². The summed E-state index contributed by atoms with van der Waals surface area (Å²) in [7, 11) is 1.70. The van der Waals surface area contributed by atoms with Crippen molar-refractivity contribution < 1.29 is 49.1 Å². The number of carboxylic acid groups (broad SMARTS) is 2. The van der Waals surface area contributed by atoms with Gasteiger partial charge in [0.2, 0.25) is 17.5 Å². The van der Waals surface area contributed by atoms with Crippen LogP contribution in [0.4, 0.5) is 0 Å². The number of hydrogen-bond acceptors (Lipinski definition) is 9. The molecule has 4 N–H and O–H groups in total. The molecule has 1 aliphatic rings. The third-order valence-electron chi connectivity index (χ3n) is 9.14. The Morgan fingerprint density at radius 1 is 0.800 bits per heavy atom. The normalized spacial score (nSPS) is 16.2. The molecular formula is C38H46N2O10. The molecule has 1 amide bonds. The second-order valence-corrected chi connectivity index (χ2v) is 12.4. The first kappa shape index (κ1) is 39.5. The van der Waals surface area contributed by atoms with E-state index in [0.29, 0.717) is 12.0 Å². The molecule has 0 aromatic heterocycles. The molecule has 4 rings (SSSR count). The zero-order valence-electron chi connectivity index (χ0n) is 28.8. The fraction of sp³-hybridized carbons (Fsp3) is 0.395. The monoisotopic (exact) mass is 690 g/mol. The number of piperidine rings is 1. The van der Waals surface area contributed by atoms with Gasteiger partial charge in [0.25, 0.3) is 11.2 Å². The molecule has 3 unspecified atom stereocenters. The zero-order chi connectivity index (χ0) is 37.1. The zero-order valence-corrected chi connectivity index (χ0v) is 28.8. The van der Waals surface area contributed by atoms with Crippen LogP contribution in [0.5, 0.6) is 5.75 Å². The number of aliphatic carboxylic acids is 2. The van der Waals surface area contributed by atoms with Crippen LogP contribution >= 0.6 is 0 Å². The number of likely N-dealkylation sites (tertiary alicyclic amines) is 1. The lowest BCUT2D eigenvalue weighted by atomic mass is 9.73. The third-order valence-corrected chi connectivity index (χ3v) is 9.14. The first-order chi connectivity index (χ1) is 23.7. The fourth-order valence-corrected chi connectivity index (χ4v) is 6.04. The van der Waals surface area contributed by atoms with E-state index in [-0.39, 0.29) is 5.91 Å². The second-order valence-electron chi connectivity index (χ2n) is 12.4. The molecule has 50 heavy (non-hydrogen) atoms. The number of carbonyl (C=O) groups is 5. The SMILES string of the molecule is CCN(CC1CCN(C(C)=O)CC1)C(C)Cc1ccc(OC)cc1.O=C(O)C(O)(C(=O)c1ccccc1)C(O)(C(=O)O)C(=O)c1ccccc1. The maximum absolute atomic E-state index is 12.6. The summed E-state index contributed by atoms with van der Waals surface area (Å²) in [5, 5.41) is 39.9. The summed E-state index contributed by atoms with van der Waals surface area (Å²) in [6.07, 6.45) is 3.32. The van der Waals surface area contributed by atoms with E-state index in [1.165, 1.54) is 42.0 Å². The highest BCUT2D eigenvalue weighted by Gasteiger charge is 2.69. The Kier molecular flexibility index (Phi) is 14.0. The van der Waals surface area contributed by atoms with Crippen LogP contribution in [0.2, 0.25) is 0 Å². The predicted molar refractivity (Wildman–Crippen MR) is 185 cm³/mol. The predicted octanol–water partition coefficient (Wildman–Crippen LogP) is 3.59. The highest BCUT2D eigenvalue weighted by molar-refractivity contribution is 6.28. The lowest BCUT2D eigenvalue weighted by Gasteiger charge is -2.36. The highest BCUT2D eigenvalue weighted by Crippen LogP contribution is 2.32. The molecule has 1 fully saturated rings. The van der Waals surface area contributed by atoms with Gasteiger partial charge in [-0.25, -0.2) is 9.59 Å². The number of ketones is 2. The van der Waals surface area contributed by atoms with Crippen LogP contribution in [0.3, 0.4) is 0 Å². The number of ether oxygens (including phenoxy) is 1. The van der Waals surface area contributed by atoms with E-state index >= 15 is 0 Å². The molecule has 268 valence electrons. The van der Waals surface area contributed by atoms with Crippen LogP contribution < -0.4 is 4.74 Å². The highest BCUT2D eigenvalue weighted by atomic mass is 16.5. The van der Waals surface area contributed by atoms with Crippen LogP contribution in [0.15, 0.2) is 84.9 Å². The van der Waals surface area contributed by atoms with Gasteiger partial charge in [0.15, 0.2) is 0 Å². The van der Waals surface area contributed by atoms with Crippen molar-refractivity contribution in [2.75, 3.05) is 33.3 Å². The van der Waals surface area contributed by atoms with E-state index in [1.807, 2.05) is 17.0 Å². The molecule has 0 aliphatic carbocycles. The van der Waals surface area contributed by atoms with E-state index < -0.39 is 45.8 Å². The first-order valence-electron chi connectivity index (χ1n) is 16.4. The standard InChI is InChI=1S/C20H32N2O2.C18H14O8/c1-5-21(15-19-10-12-22(13-11-19)17(3)23)16(2)14-18-6-8-20(24-4)9-7-18;19-13(11-7-3-1-4-8-11)17(25,15(21)22)18(26,16(23)24)14(20)12-9-5-2-6-10-12/h6-9,16,19H,5,10-15H2,1-4H3;1-10,25-26H,(H,21,22)(H,23,24). The molecule has 0 bridgehead atoms. The molecule has 12 heteroatoms. The number of nitrogens with zero attached hydrogens (tertiary/aromatic N) is 2. The van der Waals surface area contributed by atoms with E-state index in [0.717, 1.165) is 75.5 Å². The summed E-state index contributed by atoms with van der Waals surface area (Å²) in [5.41, 5.74) is -7.33. The molecule has 3 atom stereocenters. The van der Waals surface area contributed by atoms with Gasteiger partial charge in [-0.05, 0) is 56.3 Å². The topological polar surface area (TPSA) is 182 Å². The second kappa shape index (κ2) is 17.7. The van der Waals surface area contributed by atoms with Crippen molar-refractivity contribution in [1.82, 2.24) is 9.80 Å². The number of benzene rings is 3. The number of likely N-dealkylation sites (N-methyl/N-ethyl adjacent to an activating group) is 1. The van der Waals surface area contributed by atoms with E-state index in [4.69, 9.17) is 4.74 Å². The van der Waals surface area contributed by atoms with Gasteiger partial charge in [0, 0.05) is 43.7 Å². The molecule has 1 saturated heterocycles. The number of methoxy groups -OCH3 is 1. The fourth-order valence-electron chi connectivity index (χ4n) is 6.04. The third kappa shape index (κ3) is 9.00. The smallest absolute Gasteiger partial charge is 0.348 e. The van der Waals surface area contributed by atoms with Gasteiger partial charge in [-0.3, -0.25) is 14.4 Å². The van der Waals surface area contributed by atoms with Crippen molar-refractivity contribution in [2.24, 2.45) is 5.92 Å². The minimum atomic E-state index is -3.95. The minimum absolute atomic E-state index is 0.216. The number of rotatable bonds is 14. The summed E-state index contributed by atoms with van der Waals surface area (Å²) < 4.78 is 5.23. The average molecular weight is 691 g/mol. The van der Waals surface area contributed by atoms with E-state index in [1.54, 1.807) is 14.0 Å². The Hall–Kier alpha value is -4.91. The minimum Gasteiger partial charge on any atom is -0.497 e. The van der Waals surface area contributed by atoms with Crippen LogP contribution in [-0.2, 0) is 20.8 Å². The van der Waals surface area contributed by atoms with Crippen LogP contribution in [0.1, 0.15) is 59.9 Å². The number of amides is 1. The van der Waals surface area contributed by atoms with Gasteiger partial charge >= 0.3 is 11.9 Å². The number of carbonyl (C=O) groups excluding carboxylic acids is 3. The van der Waals surface area contributed by atoms with Crippen LogP contribution in [0.25, 0.3) is 0 Å². The lowest BCUT2D eigenvalue weighted by Crippen LogP contribution is -2.71. The Morgan fingerprint density at radius 2 is 1.24 bits per heavy atom. The lowest BCUT2D eigenvalue weighted by molar-refractivity contribution is -0.187. The molecular weight excluding hydrogens is 644 g/mol. The summed E-state index contributed by atoms with van der Waals surface area (Å²) in [4.78, 5) is 64.5. The quantitative estimate of drug-likeness (QED) is 0.143. The van der Waals surface area contributed by atoms with Crippen molar-refractivity contribution in [3.63, 3.8) is 0 Å². The summed E-state index contributed by atoms with van der Waals surface area (Å²) >= 11 is 0. The Morgan fingerprint density at radius 3 is 1.60 bits per heavy atom. The molecule has 0 saturated carbocycles. The Labute approximate surface area is 291 Å². The van der Waals surface area contributed by atoms with E-state index in [9.17, 15) is 44.4 Å². The largest absolute Gasteiger partial charge is 0.497 e. The van der Waals surface area contributed by atoms with E-state index in [2.05, 4.69) is 30.9 Å². The molecule has 0 spiro atoms. The summed E-state index contributed by atoms with van der Waals surface area (Å²) in [6, 6.07) is 21.7. The Bertz CT molecular complexity index is 1530. The van der Waals surface area contributed by atoms with Crippen molar-refractivity contribution in [2.45, 2.75) is 57.3 Å². The van der Waals surface area contributed by atoms with Gasteiger partial charge in [0.1, 0.15) is 5.75 Å². The van der Waals surface area contributed by atoms with Crippen LogP contribution in [-0.4, -0.2) is 110 Å². The number of hydrogen-bond donors (Lipinski definition) is 4. The van der Waals surface area contributed by atoms with Crippen molar-refractivity contribution in [3.05, 3.63) is 102 Å². The van der Waals surface area contributed by atoms with Crippen LogP contribution in [0, 0.1) is 5.92 Å². The van der Waals surface area contributed by atoms with Gasteiger partial charge in [-0.1, -0.05) is 79.7 Å². The van der Waals surface area contributed by atoms with Crippen molar-refractivity contribution in [1.29, 1.82) is 0 Å². The summed E-state index contributed by atoms with van der Waals surface area (Å²) in [6.45, 7) is 10.3. The van der Waals surface area contributed by atoms with Gasteiger partial charge in [0.05, 0.1) is 7.11 Å². The average Bonchev–Trinajstić information content (AvgIpc) is 3.13. The molecule has 1 heterocycles. The maximum atomic E-state index is 12.6. The molecule has 1 aliphatic heterocycles. The van der Waals surface area contributed by atoms with Gasteiger partial charge in [-0.2, -0.15) is 0 Å². The number of carboxylic acids is 2. The molecule has 3 aromatic carbocycles. The summed E-state index contributed by atoms with van der Waals surface area (Å²) in [5.74, 6) is -6.19. The number of Topliss-reactive ketones (excluding diaryl/α,β-unsaturated/α-hetero) is 2. The first-order valence-corrected chi connectivity index (χ1v) is 16.4. The number of aliphatic hydroxyl groups is 2. The maximum Gasteiger partial charge on any atom is 0.348 e. The van der Waals surface area contributed by atoms with Gasteiger partial charge in [-0.15, -0.1) is 0 Å². The van der Waals surface area contributed by atoms with Gasteiger partial charge < -0.3 is 35.0 Å². The molecule has 3 aromatic rings.